The summed E-state index contributed by atoms with van der Waals surface area (Å²) in [5, 5.41) is 4.94. The summed E-state index contributed by atoms with van der Waals surface area (Å²) < 4.78 is 0. The van der Waals surface area contributed by atoms with Crippen LogP contribution in [0.15, 0.2) is 41.2 Å². The van der Waals surface area contributed by atoms with Crippen molar-refractivity contribution in [1.29, 1.82) is 0 Å². The number of nitrogens with one attached hydrogen (secondary N) is 1. The maximum absolute atomic E-state index is 4.32. The Balaban J connectivity index is 1.59. The molecule has 1 N–H and O–H groups in total. The maximum Gasteiger partial charge on any atom is 0.193 e. The van der Waals surface area contributed by atoms with Gasteiger partial charge in [0, 0.05) is 42.9 Å². The zero-order valence-electron chi connectivity index (χ0n) is 9.78. The number of rotatable bonds is 5. The first-order valence-electron chi connectivity index (χ1n) is 5.88. The maximum atomic E-state index is 4.32. The summed E-state index contributed by atoms with van der Waals surface area (Å²) in [4.78, 5) is 16.8. The standard InChI is InChI=1S/C12H13N5S/c1-2-10(1)15-5-9-6-16-12(17-7-9)18-11-8-13-3-4-14-11/h3-4,6-8,10,15H,1-2,5H2. The number of hydrogen-bond acceptors (Lipinski definition) is 6. The molecule has 0 bridgehead atoms. The molecule has 5 nitrogen and oxygen atoms in total. The molecule has 2 aromatic heterocycles. The molecule has 0 atom stereocenters. The van der Waals surface area contributed by atoms with E-state index in [1.165, 1.54) is 24.6 Å². The Kier molecular flexibility index (Phi) is 3.47. The van der Waals surface area contributed by atoms with Crippen LogP contribution >= 0.6 is 11.8 Å². The Morgan fingerprint density at radius 3 is 2.61 bits per heavy atom. The van der Waals surface area contributed by atoms with Crippen molar-refractivity contribution >= 4 is 11.8 Å². The third-order valence-electron chi connectivity index (χ3n) is 2.59. The fraction of sp³-hybridized carbons (Fsp3) is 0.333. The van der Waals surface area contributed by atoms with E-state index in [4.69, 9.17) is 0 Å². The van der Waals surface area contributed by atoms with Crippen LogP contribution < -0.4 is 5.32 Å². The molecule has 1 aliphatic carbocycles. The number of nitrogens with zero attached hydrogens (tertiary/aromatic N) is 4. The molecule has 2 aromatic rings. The first-order chi connectivity index (χ1) is 8.90. The zero-order chi connectivity index (χ0) is 12.2. The van der Waals surface area contributed by atoms with E-state index in [0.717, 1.165) is 17.1 Å². The molecule has 6 heteroatoms. The topological polar surface area (TPSA) is 63.6 Å². The fourth-order valence-electron chi connectivity index (χ4n) is 1.47. The predicted molar refractivity (Wildman–Crippen MR) is 68.0 cm³/mol. The monoisotopic (exact) mass is 259 g/mol. The van der Waals surface area contributed by atoms with E-state index >= 15 is 0 Å². The molecule has 0 amide bonds. The van der Waals surface area contributed by atoms with Gasteiger partial charge in [-0.05, 0) is 24.6 Å². The average Bonchev–Trinajstić information content (AvgIpc) is 3.23. The van der Waals surface area contributed by atoms with Gasteiger partial charge in [-0.3, -0.25) is 4.98 Å². The van der Waals surface area contributed by atoms with Gasteiger partial charge in [0.2, 0.25) is 0 Å². The van der Waals surface area contributed by atoms with E-state index in [9.17, 15) is 0 Å². The van der Waals surface area contributed by atoms with Crippen LogP contribution in [0, 0.1) is 0 Å². The van der Waals surface area contributed by atoms with Crippen LogP contribution in [0.5, 0.6) is 0 Å². The highest BCUT2D eigenvalue weighted by Gasteiger charge is 2.19. The van der Waals surface area contributed by atoms with Crippen LogP contribution in [0.4, 0.5) is 0 Å². The van der Waals surface area contributed by atoms with Crippen molar-refractivity contribution in [2.24, 2.45) is 0 Å². The van der Waals surface area contributed by atoms with E-state index in [1.807, 2.05) is 12.4 Å². The molecular weight excluding hydrogens is 246 g/mol. The minimum absolute atomic E-state index is 0.700. The highest BCUT2D eigenvalue weighted by Crippen LogP contribution is 2.21. The third kappa shape index (κ3) is 3.24. The summed E-state index contributed by atoms with van der Waals surface area (Å²) in [5.41, 5.74) is 1.12. The molecule has 18 heavy (non-hydrogen) atoms. The summed E-state index contributed by atoms with van der Waals surface area (Å²) in [7, 11) is 0. The van der Waals surface area contributed by atoms with Gasteiger partial charge in [0.25, 0.3) is 0 Å². The van der Waals surface area contributed by atoms with E-state index < -0.39 is 0 Å². The van der Waals surface area contributed by atoms with Gasteiger partial charge in [0.05, 0.1) is 6.20 Å². The highest BCUT2D eigenvalue weighted by atomic mass is 32.2. The molecule has 0 aromatic carbocycles. The second kappa shape index (κ2) is 5.41. The summed E-state index contributed by atoms with van der Waals surface area (Å²) in [6, 6.07) is 0.707. The molecule has 1 aliphatic rings. The molecule has 1 saturated carbocycles. The van der Waals surface area contributed by atoms with Gasteiger partial charge in [-0.1, -0.05) is 0 Å². The Morgan fingerprint density at radius 2 is 1.94 bits per heavy atom. The molecule has 0 aliphatic heterocycles. The first-order valence-corrected chi connectivity index (χ1v) is 6.70. The third-order valence-corrected chi connectivity index (χ3v) is 3.40. The first kappa shape index (κ1) is 11.6. The van der Waals surface area contributed by atoms with Crippen molar-refractivity contribution in [3.63, 3.8) is 0 Å². The lowest BCUT2D eigenvalue weighted by atomic mass is 10.3. The molecule has 1 fully saturated rings. The summed E-state index contributed by atoms with van der Waals surface area (Å²) in [6.07, 6.45) is 11.3. The Bertz CT molecular complexity index is 498. The van der Waals surface area contributed by atoms with Gasteiger partial charge in [-0.15, -0.1) is 0 Å². The fourth-order valence-corrected chi connectivity index (χ4v) is 2.09. The van der Waals surface area contributed by atoms with Crippen LogP contribution in [-0.2, 0) is 6.54 Å². The van der Waals surface area contributed by atoms with Crippen LogP contribution in [0.25, 0.3) is 0 Å². The minimum Gasteiger partial charge on any atom is -0.310 e. The molecule has 92 valence electrons. The van der Waals surface area contributed by atoms with Gasteiger partial charge >= 0.3 is 0 Å². The van der Waals surface area contributed by atoms with E-state index in [2.05, 4.69) is 25.3 Å². The van der Waals surface area contributed by atoms with E-state index in [-0.39, 0.29) is 0 Å². The van der Waals surface area contributed by atoms with Crippen LogP contribution in [0.1, 0.15) is 18.4 Å². The van der Waals surface area contributed by atoms with E-state index in [0.29, 0.717) is 11.2 Å². The summed E-state index contributed by atoms with van der Waals surface area (Å²) in [5.74, 6) is 0. The molecule has 3 rings (SSSR count). The molecule has 0 spiro atoms. The second-order valence-corrected chi connectivity index (χ2v) is 5.16. The average molecular weight is 259 g/mol. The zero-order valence-corrected chi connectivity index (χ0v) is 10.6. The number of aromatic nitrogens is 4. The summed E-state index contributed by atoms with van der Waals surface area (Å²) in [6.45, 7) is 0.848. The van der Waals surface area contributed by atoms with Gasteiger partial charge < -0.3 is 5.32 Å². The molecule has 2 heterocycles. The molecular formula is C12H13N5S. The lowest BCUT2D eigenvalue weighted by Gasteiger charge is -2.03. The number of hydrogen-bond donors (Lipinski definition) is 1. The van der Waals surface area contributed by atoms with Crippen molar-refractivity contribution in [1.82, 2.24) is 25.3 Å². The Labute approximate surface area is 109 Å². The van der Waals surface area contributed by atoms with Crippen LogP contribution in [-0.4, -0.2) is 26.0 Å². The highest BCUT2D eigenvalue weighted by molar-refractivity contribution is 7.99. The smallest absolute Gasteiger partial charge is 0.193 e. The Morgan fingerprint density at radius 1 is 1.11 bits per heavy atom. The predicted octanol–water partition coefficient (Wildman–Crippen LogP) is 1.67. The SMILES string of the molecule is c1cnc(Sc2ncc(CNC3CC3)cn2)cn1. The normalized spacial score (nSPS) is 14.7. The summed E-state index contributed by atoms with van der Waals surface area (Å²) >= 11 is 1.42. The van der Waals surface area contributed by atoms with Gasteiger partial charge in [0.15, 0.2) is 5.16 Å². The van der Waals surface area contributed by atoms with Crippen molar-refractivity contribution in [3.8, 4) is 0 Å². The molecule has 0 radical (unpaired) electrons. The van der Waals surface area contributed by atoms with Gasteiger partial charge in [0.1, 0.15) is 5.03 Å². The van der Waals surface area contributed by atoms with Crippen molar-refractivity contribution in [2.75, 3.05) is 0 Å². The Hall–Kier alpha value is -1.53. The van der Waals surface area contributed by atoms with Crippen LogP contribution in [0.2, 0.25) is 0 Å². The van der Waals surface area contributed by atoms with E-state index in [1.54, 1.807) is 18.6 Å². The minimum atomic E-state index is 0.700. The molecule has 0 saturated heterocycles. The second-order valence-electron chi connectivity index (χ2n) is 4.17. The van der Waals surface area contributed by atoms with Crippen molar-refractivity contribution in [3.05, 3.63) is 36.5 Å². The molecule has 0 unspecified atom stereocenters. The quantitative estimate of drug-likeness (QED) is 0.824. The van der Waals surface area contributed by atoms with Crippen LogP contribution in [0.3, 0.4) is 0 Å². The lowest BCUT2D eigenvalue weighted by molar-refractivity contribution is 0.680. The van der Waals surface area contributed by atoms with Gasteiger partial charge in [-0.2, -0.15) is 0 Å². The van der Waals surface area contributed by atoms with Crippen molar-refractivity contribution < 1.29 is 0 Å². The lowest BCUT2D eigenvalue weighted by Crippen LogP contribution is -2.15. The largest absolute Gasteiger partial charge is 0.310 e. The van der Waals surface area contributed by atoms with Gasteiger partial charge in [-0.25, -0.2) is 15.0 Å². The van der Waals surface area contributed by atoms with Crippen molar-refractivity contribution in [2.45, 2.75) is 35.6 Å².